The topological polar surface area (TPSA) is 109 Å². The molecule has 2 amide bonds. The Bertz CT molecular complexity index is 695. The molecule has 0 saturated heterocycles. The first-order valence-electron chi connectivity index (χ1n) is 7.35. The molecule has 0 aliphatic carbocycles. The molecule has 24 heavy (non-hydrogen) atoms. The first-order valence-corrected chi connectivity index (χ1v) is 7.35. The number of amides is 2. The van der Waals surface area contributed by atoms with E-state index in [0.717, 1.165) is 5.56 Å². The monoisotopic (exact) mass is 330 g/mol. The molecule has 0 bridgehead atoms. The Morgan fingerprint density at radius 2 is 2.08 bits per heavy atom. The van der Waals surface area contributed by atoms with Crippen molar-refractivity contribution in [2.45, 2.75) is 19.8 Å². The van der Waals surface area contributed by atoms with Crippen LogP contribution in [-0.4, -0.2) is 36.8 Å². The first kappa shape index (κ1) is 17.3. The number of hydrazone groups is 2. The predicted molar refractivity (Wildman–Crippen MR) is 87.5 cm³/mol. The molecule has 1 aromatic rings. The van der Waals surface area contributed by atoms with Gasteiger partial charge in [-0.25, -0.2) is 15.6 Å². The normalized spacial score (nSPS) is 16.7. The fraction of sp³-hybridized carbons (Fsp3) is 0.312. The number of esters is 1. The Morgan fingerprint density at radius 1 is 1.38 bits per heavy atom. The molecule has 1 aliphatic heterocycles. The van der Waals surface area contributed by atoms with Crippen molar-refractivity contribution in [3.63, 3.8) is 0 Å². The number of rotatable bonds is 6. The molecule has 8 heteroatoms. The minimum absolute atomic E-state index is 0.170. The summed E-state index contributed by atoms with van der Waals surface area (Å²) in [5.74, 6) is -1.24. The van der Waals surface area contributed by atoms with Gasteiger partial charge < -0.3 is 4.74 Å². The zero-order valence-corrected chi connectivity index (χ0v) is 13.4. The van der Waals surface area contributed by atoms with Gasteiger partial charge in [-0.05, 0) is 31.0 Å². The van der Waals surface area contributed by atoms with E-state index in [1.165, 1.54) is 13.3 Å². The highest BCUT2D eigenvalue weighted by Gasteiger charge is 2.26. The molecule has 0 saturated carbocycles. The second kappa shape index (κ2) is 8.00. The molecule has 1 aromatic carbocycles. The molecule has 1 aliphatic rings. The van der Waals surface area contributed by atoms with E-state index in [9.17, 15) is 14.4 Å². The highest BCUT2D eigenvalue weighted by atomic mass is 16.5. The van der Waals surface area contributed by atoms with Gasteiger partial charge in [0.05, 0.1) is 24.8 Å². The van der Waals surface area contributed by atoms with Crippen molar-refractivity contribution in [2.75, 3.05) is 7.11 Å². The van der Waals surface area contributed by atoms with Crippen LogP contribution in [-0.2, 0) is 14.3 Å². The van der Waals surface area contributed by atoms with Crippen LogP contribution in [0, 0.1) is 5.92 Å². The van der Waals surface area contributed by atoms with E-state index in [1.54, 1.807) is 31.2 Å². The maximum atomic E-state index is 11.7. The number of carbonyl (C=O) groups is 3. The van der Waals surface area contributed by atoms with Crippen molar-refractivity contribution < 1.29 is 19.1 Å². The molecule has 0 unspecified atom stereocenters. The molecule has 126 valence electrons. The minimum atomic E-state index is -0.415. The van der Waals surface area contributed by atoms with Gasteiger partial charge in [-0.2, -0.15) is 10.2 Å². The average molecular weight is 330 g/mol. The number of benzene rings is 1. The third-order valence-corrected chi connectivity index (χ3v) is 3.56. The Morgan fingerprint density at radius 3 is 2.67 bits per heavy atom. The van der Waals surface area contributed by atoms with Gasteiger partial charge in [-0.1, -0.05) is 12.1 Å². The van der Waals surface area contributed by atoms with Gasteiger partial charge in [0.2, 0.25) is 11.8 Å². The zero-order chi connectivity index (χ0) is 17.5. The smallest absolute Gasteiger partial charge is 0.337 e. The quantitative estimate of drug-likeness (QED) is 0.457. The van der Waals surface area contributed by atoms with Crippen LogP contribution in [0.5, 0.6) is 0 Å². The van der Waals surface area contributed by atoms with Crippen LogP contribution >= 0.6 is 0 Å². The van der Waals surface area contributed by atoms with Crippen molar-refractivity contribution in [3.05, 3.63) is 35.4 Å². The fourth-order valence-corrected chi connectivity index (χ4v) is 2.16. The second-order valence-electron chi connectivity index (χ2n) is 5.23. The predicted octanol–water partition coefficient (Wildman–Crippen LogP) is 0.825. The number of methoxy groups -OCH3 is 1. The summed E-state index contributed by atoms with van der Waals surface area (Å²) in [6.07, 6.45) is 2.02. The Balaban J connectivity index is 1.79. The SMILES string of the molecule is COC(=O)c1ccc(/C=N/NC(=O)CC[C@H]2C(=O)NN=C2C)cc1. The number of nitrogens with one attached hydrogen (secondary N) is 2. The molecule has 2 rings (SSSR count). The highest BCUT2D eigenvalue weighted by molar-refractivity contribution is 6.07. The van der Waals surface area contributed by atoms with Gasteiger partial charge in [0.1, 0.15) is 0 Å². The lowest BCUT2D eigenvalue weighted by molar-refractivity contribution is -0.123. The molecule has 8 nitrogen and oxygen atoms in total. The fourth-order valence-electron chi connectivity index (χ4n) is 2.16. The third-order valence-electron chi connectivity index (χ3n) is 3.56. The third kappa shape index (κ3) is 4.48. The van der Waals surface area contributed by atoms with E-state index in [-0.39, 0.29) is 24.2 Å². The van der Waals surface area contributed by atoms with E-state index in [1.807, 2.05) is 0 Å². The highest BCUT2D eigenvalue weighted by Crippen LogP contribution is 2.13. The molecular formula is C16H18N4O4. The van der Waals surface area contributed by atoms with E-state index >= 15 is 0 Å². The molecule has 0 aromatic heterocycles. The molecular weight excluding hydrogens is 312 g/mol. The standard InChI is InChI=1S/C16H18N4O4/c1-10-13(15(22)20-18-10)7-8-14(21)19-17-9-11-3-5-12(6-4-11)16(23)24-2/h3-6,9,13H,7-8H2,1-2H3,(H,19,21)(H,20,22)/b17-9+/t13-/m1/s1. The molecule has 0 radical (unpaired) electrons. The van der Waals surface area contributed by atoms with Crippen molar-refractivity contribution in [2.24, 2.45) is 16.1 Å². The summed E-state index contributed by atoms with van der Waals surface area (Å²) in [6, 6.07) is 6.58. The molecule has 1 atom stereocenters. The van der Waals surface area contributed by atoms with Crippen LogP contribution in [0.15, 0.2) is 34.5 Å². The lowest BCUT2D eigenvalue weighted by Gasteiger charge is -2.06. The summed E-state index contributed by atoms with van der Waals surface area (Å²) < 4.78 is 4.61. The summed E-state index contributed by atoms with van der Waals surface area (Å²) in [7, 11) is 1.32. The zero-order valence-electron chi connectivity index (χ0n) is 13.4. The summed E-state index contributed by atoms with van der Waals surface area (Å²) in [6.45, 7) is 1.75. The average Bonchev–Trinajstić information content (AvgIpc) is 2.91. The van der Waals surface area contributed by atoms with E-state index in [4.69, 9.17) is 0 Å². The molecule has 0 fully saturated rings. The van der Waals surface area contributed by atoms with Crippen molar-refractivity contribution in [1.82, 2.24) is 10.9 Å². The Kier molecular flexibility index (Phi) is 5.78. The number of nitrogens with zero attached hydrogens (tertiary/aromatic N) is 2. The van der Waals surface area contributed by atoms with Gasteiger partial charge in [0, 0.05) is 12.1 Å². The van der Waals surface area contributed by atoms with Gasteiger partial charge in [0.25, 0.3) is 0 Å². The van der Waals surface area contributed by atoms with E-state index in [2.05, 4.69) is 25.8 Å². The van der Waals surface area contributed by atoms with Crippen LogP contribution in [0.3, 0.4) is 0 Å². The lowest BCUT2D eigenvalue weighted by Crippen LogP contribution is -2.25. The molecule has 2 N–H and O–H groups in total. The van der Waals surface area contributed by atoms with Crippen LogP contribution in [0.25, 0.3) is 0 Å². The molecule has 0 spiro atoms. The van der Waals surface area contributed by atoms with E-state index in [0.29, 0.717) is 17.7 Å². The summed E-state index contributed by atoms with van der Waals surface area (Å²) >= 11 is 0. The summed E-state index contributed by atoms with van der Waals surface area (Å²) in [5, 5.41) is 7.67. The largest absolute Gasteiger partial charge is 0.465 e. The van der Waals surface area contributed by atoms with Gasteiger partial charge in [-0.15, -0.1) is 0 Å². The van der Waals surface area contributed by atoms with Crippen LogP contribution in [0.2, 0.25) is 0 Å². The minimum Gasteiger partial charge on any atom is -0.465 e. The summed E-state index contributed by atoms with van der Waals surface area (Å²) in [4.78, 5) is 34.5. The van der Waals surface area contributed by atoms with E-state index < -0.39 is 5.97 Å². The van der Waals surface area contributed by atoms with Crippen molar-refractivity contribution in [1.29, 1.82) is 0 Å². The number of hydrogen-bond acceptors (Lipinski definition) is 6. The number of carbonyl (C=O) groups excluding carboxylic acids is 3. The van der Waals surface area contributed by atoms with Crippen LogP contribution in [0.4, 0.5) is 0 Å². The van der Waals surface area contributed by atoms with Gasteiger partial charge in [-0.3, -0.25) is 9.59 Å². The van der Waals surface area contributed by atoms with Crippen LogP contribution < -0.4 is 10.9 Å². The Hall–Kier alpha value is -3.03. The Labute approximate surface area is 139 Å². The van der Waals surface area contributed by atoms with Gasteiger partial charge in [0.15, 0.2) is 0 Å². The number of hydrogen-bond donors (Lipinski definition) is 2. The lowest BCUT2D eigenvalue weighted by atomic mass is 9.99. The van der Waals surface area contributed by atoms with Crippen molar-refractivity contribution in [3.8, 4) is 0 Å². The maximum Gasteiger partial charge on any atom is 0.337 e. The second-order valence-corrected chi connectivity index (χ2v) is 5.23. The maximum absolute atomic E-state index is 11.7. The summed E-state index contributed by atoms with van der Waals surface area (Å²) in [5.41, 5.74) is 6.62. The van der Waals surface area contributed by atoms with Crippen LogP contribution in [0.1, 0.15) is 35.7 Å². The molecule has 1 heterocycles. The van der Waals surface area contributed by atoms with Gasteiger partial charge >= 0.3 is 5.97 Å². The van der Waals surface area contributed by atoms with Crippen molar-refractivity contribution >= 4 is 29.7 Å². The number of ether oxygens (including phenoxy) is 1. The first-order chi connectivity index (χ1) is 11.5.